The van der Waals surface area contributed by atoms with Crippen LogP contribution in [0, 0.1) is 0 Å². The number of methoxy groups -OCH3 is 1. The summed E-state index contributed by atoms with van der Waals surface area (Å²) in [5, 5.41) is 0.634. The van der Waals surface area contributed by atoms with Gasteiger partial charge >= 0.3 is 14.0 Å². The Labute approximate surface area is 234 Å². The van der Waals surface area contributed by atoms with Crippen LogP contribution in [0.3, 0.4) is 0 Å². The van der Waals surface area contributed by atoms with Crippen LogP contribution in [0.25, 0.3) is 0 Å². The number of unbranched alkanes of at least 4 members (excludes halogenated alkanes) is 15. The number of halogens is 1. The Hall–Kier alpha value is -0.180. The SMILES string of the molecule is CCCCCCCCCCCCCCCCCCOCC(COP(=O)(O)OC(C)CCBr)OC(=O)OC. The Morgan fingerprint density at radius 2 is 1.32 bits per heavy atom. The summed E-state index contributed by atoms with van der Waals surface area (Å²) in [6.07, 6.45) is 19.2. The lowest BCUT2D eigenvalue weighted by atomic mass is 10.0. The molecule has 0 aliphatic carbocycles. The number of phosphoric acid groups is 1. The molecule has 0 fully saturated rings. The van der Waals surface area contributed by atoms with Crippen molar-refractivity contribution >= 4 is 29.9 Å². The maximum atomic E-state index is 12.1. The fraction of sp³-hybridized carbons (Fsp3) is 0.963. The minimum absolute atomic E-state index is 0.0464. The van der Waals surface area contributed by atoms with Gasteiger partial charge in [0.25, 0.3) is 0 Å². The molecule has 0 heterocycles. The van der Waals surface area contributed by atoms with E-state index in [1.54, 1.807) is 6.92 Å². The van der Waals surface area contributed by atoms with Crippen LogP contribution >= 0.6 is 23.8 Å². The monoisotopic (exact) mass is 616 g/mol. The standard InChI is InChI=1S/C27H54BrO8P/c1-4-5-6-7-8-9-10-11-12-13-14-15-16-17-18-19-22-33-23-26(35-27(29)32-3)24-34-37(30,31)36-25(2)20-21-28/h25-26H,4-24H2,1-3H3,(H,30,31). The molecule has 8 nitrogen and oxygen atoms in total. The van der Waals surface area contributed by atoms with Gasteiger partial charge in [0.15, 0.2) is 6.10 Å². The quantitative estimate of drug-likeness (QED) is 0.0423. The first-order valence-corrected chi connectivity index (χ1v) is 17.0. The van der Waals surface area contributed by atoms with Crippen LogP contribution in [-0.4, -0.2) is 55.5 Å². The van der Waals surface area contributed by atoms with E-state index >= 15 is 0 Å². The Bertz CT molecular complexity index is 567. The fourth-order valence-electron chi connectivity index (χ4n) is 3.91. The lowest BCUT2D eigenvalue weighted by molar-refractivity contribution is -0.0334. The van der Waals surface area contributed by atoms with Gasteiger partial charge in [-0.25, -0.2) is 9.36 Å². The lowest BCUT2D eigenvalue weighted by Gasteiger charge is -2.21. The van der Waals surface area contributed by atoms with Crippen molar-refractivity contribution < 1.29 is 37.5 Å². The van der Waals surface area contributed by atoms with Crippen LogP contribution in [0.4, 0.5) is 4.79 Å². The van der Waals surface area contributed by atoms with E-state index in [1.807, 2.05) is 0 Å². The second-order valence-electron chi connectivity index (χ2n) is 9.73. The maximum Gasteiger partial charge on any atom is 0.508 e. The molecule has 3 atom stereocenters. The predicted molar refractivity (Wildman–Crippen MR) is 152 cm³/mol. The van der Waals surface area contributed by atoms with Crippen molar-refractivity contribution in [2.24, 2.45) is 0 Å². The van der Waals surface area contributed by atoms with E-state index in [-0.39, 0.29) is 13.2 Å². The first-order valence-electron chi connectivity index (χ1n) is 14.4. The molecule has 0 amide bonds. The number of hydrogen-bond donors (Lipinski definition) is 1. The summed E-state index contributed by atoms with van der Waals surface area (Å²) in [5.41, 5.74) is 0. The van der Waals surface area contributed by atoms with Gasteiger partial charge in [-0.3, -0.25) is 9.05 Å². The van der Waals surface area contributed by atoms with Gasteiger partial charge in [0.05, 0.1) is 26.4 Å². The van der Waals surface area contributed by atoms with Crippen LogP contribution in [0.2, 0.25) is 0 Å². The minimum atomic E-state index is -4.27. The summed E-state index contributed by atoms with van der Waals surface area (Å²) in [6, 6.07) is 0. The highest BCUT2D eigenvalue weighted by Gasteiger charge is 2.27. The van der Waals surface area contributed by atoms with Crippen molar-refractivity contribution in [3.05, 3.63) is 0 Å². The minimum Gasteiger partial charge on any atom is -0.438 e. The molecule has 222 valence electrons. The number of ether oxygens (including phenoxy) is 3. The van der Waals surface area contributed by atoms with Crippen molar-refractivity contribution in [3.8, 4) is 0 Å². The summed E-state index contributed by atoms with van der Waals surface area (Å²) in [6.45, 7) is 4.18. The van der Waals surface area contributed by atoms with Crippen LogP contribution in [0.5, 0.6) is 0 Å². The van der Waals surface area contributed by atoms with Crippen molar-refractivity contribution in [2.45, 2.75) is 135 Å². The number of phosphoric ester groups is 1. The molecule has 0 spiro atoms. The van der Waals surface area contributed by atoms with E-state index in [4.69, 9.17) is 18.5 Å². The van der Waals surface area contributed by atoms with Crippen LogP contribution in [0.15, 0.2) is 0 Å². The molecule has 0 aliphatic heterocycles. The average Bonchev–Trinajstić information content (AvgIpc) is 2.86. The summed E-state index contributed by atoms with van der Waals surface area (Å²) in [4.78, 5) is 21.3. The molecule has 0 aromatic carbocycles. The van der Waals surface area contributed by atoms with Crippen molar-refractivity contribution in [2.75, 3.05) is 32.3 Å². The molecule has 3 unspecified atom stereocenters. The van der Waals surface area contributed by atoms with E-state index in [0.29, 0.717) is 18.4 Å². The summed E-state index contributed by atoms with van der Waals surface area (Å²) < 4.78 is 37.3. The van der Waals surface area contributed by atoms with Gasteiger partial charge in [-0.1, -0.05) is 119 Å². The largest absolute Gasteiger partial charge is 0.508 e. The van der Waals surface area contributed by atoms with Crippen LogP contribution < -0.4 is 0 Å². The smallest absolute Gasteiger partial charge is 0.438 e. The molecular formula is C27H54BrO8P. The van der Waals surface area contributed by atoms with Crippen molar-refractivity contribution in [3.63, 3.8) is 0 Å². The van der Waals surface area contributed by atoms with Crippen LogP contribution in [0.1, 0.15) is 123 Å². The zero-order chi connectivity index (χ0) is 27.6. The normalized spacial score (nSPS) is 14.7. The molecule has 10 heteroatoms. The molecule has 0 saturated carbocycles. The average molecular weight is 618 g/mol. The van der Waals surface area contributed by atoms with Gasteiger partial charge in [0, 0.05) is 11.9 Å². The Morgan fingerprint density at radius 1 is 0.838 bits per heavy atom. The zero-order valence-corrected chi connectivity index (χ0v) is 26.1. The first kappa shape index (κ1) is 36.8. The van der Waals surface area contributed by atoms with Gasteiger partial charge in [-0.05, 0) is 19.8 Å². The van der Waals surface area contributed by atoms with E-state index in [1.165, 1.54) is 97.0 Å². The van der Waals surface area contributed by atoms with E-state index in [0.717, 1.165) is 12.8 Å². The molecule has 0 bridgehead atoms. The highest BCUT2D eigenvalue weighted by molar-refractivity contribution is 9.09. The third-order valence-electron chi connectivity index (χ3n) is 6.13. The van der Waals surface area contributed by atoms with E-state index in [2.05, 4.69) is 27.6 Å². The molecule has 0 aromatic rings. The third kappa shape index (κ3) is 25.8. The summed E-state index contributed by atoms with van der Waals surface area (Å²) in [5.74, 6) is 0. The second-order valence-corrected chi connectivity index (χ2v) is 11.9. The molecule has 37 heavy (non-hydrogen) atoms. The van der Waals surface area contributed by atoms with Gasteiger partial charge in [0.2, 0.25) is 0 Å². The lowest BCUT2D eigenvalue weighted by Crippen LogP contribution is -2.28. The Morgan fingerprint density at radius 3 is 1.78 bits per heavy atom. The third-order valence-corrected chi connectivity index (χ3v) is 7.69. The number of hydrogen-bond acceptors (Lipinski definition) is 7. The van der Waals surface area contributed by atoms with E-state index in [9.17, 15) is 14.3 Å². The fourth-order valence-corrected chi connectivity index (χ4v) is 5.53. The van der Waals surface area contributed by atoms with E-state index < -0.39 is 26.2 Å². The zero-order valence-electron chi connectivity index (χ0n) is 23.6. The van der Waals surface area contributed by atoms with Crippen molar-refractivity contribution in [1.82, 2.24) is 0 Å². The number of carbonyl (C=O) groups is 1. The molecule has 0 aromatic heterocycles. The van der Waals surface area contributed by atoms with Gasteiger partial charge in [-0.15, -0.1) is 0 Å². The first-order chi connectivity index (χ1) is 17.8. The molecule has 0 radical (unpaired) electrons. The summed E-state index contributed by atoms with van der Waals surface area (Å²) >= 11 is 3.26. The highest BCUT2D eigenvalue weighted by atomic mass is 79.9. The Kier molecular flexibility index (Phi) is 25.9. The molecular weight excluding hydrogens is 563 g/mol. The maximum absolute atomic E-state index is 12.1. The molecule has 0 aliphatic rings. The van der Waals surface area contributed by atoms with Gasteiger partial charge in [-0.2, -0.15) is 0 Å². The highest BCUT2D eigenvalue weighted by Crippen LogP contribution is 2.45. The topological polar surface area (TPSA) is 101 Å². The van der Waals surface area contributed by atoms with Crippen LogP contribution in [-0.2, 0) is 27.8 Å². The predicted octanol–water partition coefficient (Wildman–Crippen LogP) is 8.72. The second kappa shape index (κ2) is 26.1. The van der Waals surface area contributed by atoms with Gasteiger partial charge in [0.1, 0.15) is 0 Å². The van der Waals surface area contributed by atoms with Crippen molar-refractivity contribution in [1.29, 1.82) is 0 Å². The molecule has 0 rings (SSSR count). The number of rotatable bonds is 27. The Balaban J connectivity index is 3.78. The number of alkyl halides is 1. The molecule has 1 N–H and O–H groups in total. The molecule has 0 saturated heterocycles. The summed E-state index contributed by atoms with van der Waals surface area (Å²) in [7, 11) is -3.08. The van der Waals surface area contributed by atoms with Gasteiger partial charge < -0.3 is 19.1 Å². The number of carbonyl (C=O) groups excluding carboxylic acids is 1.